The quantitative estimate of drug-likeness (QED) is 0.779. The fraction of sp³-hybridized carbons (Fsp3) is 0.381. The summed E-state index contributed by atoms with van der Waals surface area (Å²) >= 11 is 0. The van der Waals surface area contributed by atoms with E-state index >= 15 is 0 Å². The summed E-state index contributed by atoms with van der Waals surface area (Å²) in [5.74, 6) is 0.415. The highest BCUT2D eigenvalue weighted by atomic mass is 32.2. The zero-order chi connectivity index (χ0) is 21.0. The van der Waals surface area contributed by atoms with Crippen molar-refractivity contribution >= 4 is 21.6 Å². The molecule has 1 fully saturated rings. The second-order valence-corrected chi connectivity index (χ2v) is 8.95. The number of ether oxygens (including phenoxy) is 2. The molecule has 29 heavy (non-hydrogen) atoms. The Morgan fingerprint density at radius 3 is 2.21 bits per heavy atom. The van der Waals surface area contributed by atoms with Gasteiger partial charge in [-0.3, -0.25) is 4.79 Å². The van der Waals surface area contributed by atoms with Crippen molar-refractivity contribution in [3.63, 3.8) is 0 Å². The van der Waals surface area contributed by atoms with Gasteiger partial charge in [-0.25, -0.2) is 8.42 Å². The molecular formula is C21H26N2O5S. The van der Waals surface area contributed by atoms with Crippen LogP contribution in [0.3, 0.4) is 0 Å². The zero-order valence-corrected chi connectivity index (χ0v) is 17.6. The number of hydrogen-bond donors (Lipinski definition) is 1. The summed E-state index contributed by atoms with van der Waals surface area (Å²) in [6.45, 7) is 6.81. The molecule has 1 N–H and O–H groups in total. The van der Waals surface area contributed by atoms with Gasteiger partial charge in [0.1, 0.15) is 5.75 Å². The second kappa shape index (κ2) is 8.94. The smallest absolute Gasteiger partial charge is 0.255 e. The topological polar surface area (TPSA) is 84.9 Å². The maximum Gasteiger partial charge on any atom is 0.255 e. The van der Waals surface area contributed by atoms with Crippen LogP contribution in [0.15, 0.2) is 53.4 Å². The number of anilines is 1. The van der Waals surface area contributed by atoms with Crippen LogP contribution >= 0.6 is 0 Å². The van der Waals surface area contributed by atoms with Gasteiger partial charge in [0.25, 0.3) is 5.91 Å². The van der Waals surface area contributed by atoms with Crippen molar-refractivity contribution in [3.05, 3.63) is 54.1 Å². The number of carbonyl (C=O) groups excluding carboxylic acids is 1. The van der Waals surface area contributed by atoms with Crippen LogP contribution in [0, 0.1) is 0 Å². The SMILES string of the molecule is CCOc1ccc(NC(=O)c2ccc(S(=O)(=O)N3CC(C)OC(C)C3)cc2)cc1. The van der Waals surface area contributed by atoms with Crippen LogP contribution < -0.4 is 10.1 Å². The highest BCUT2D eigenvalue weighted by molar-refractivity contribution is 7.89. The van der Waals surface area contributed by atoms with E-state index in [9.17, 15) is 13.2 Å². The highest BCUT2D eigenvalue weighted by Crippen LogP contribution is 2.22. The van der Waals surface area contributed by atoms with Crippen molar-refractivity contribution in [2.24, 2.45) is 0 Å². The van der Waals surface area contributed by atoms with Gasteiger partial charge in [-0.15, -0.1) is 0 Å². The average molecular weight is 419 g/mol. The van der Waals surface area contributed by atoms with Gasteiger partial charge in [0.2, 0.25) is 10.0 Å². The minimum Gasteiger partial charge on any atom is -0.494 e. The molecule has 2 aromatic carbocycles. The molecule has 2 aromatic rings. The second-order valence-electron chi connectivity index (χ2n) is 7.02. The Hall–Kier alpha value is -2.42. The standard InChI is InChI=1S/C21H26N2O5S/c1-4-27-19-9-7-18(8-10-19)22-21(24)17-5-11-20(12-6-17)29(25,26)23-13-15(2)28-16(3)14-23/h5-12,15-16H,4,13-14H2,1-3H3,(H,22,24). The summed E-state index contributed by atoms with van der Waals surface area (Å²) in [5, 5.41) is 2.79. The minimum atomic E-state index is -3.63. The molecule has 1 heterocycles. The van der Waals surface area contributed by atoms with Crippen molar-refractivity contribution in [1.82, 2.24) is 4.31 Å². The van der Waals surface area contributed by atoms with Crippen LogP contribution in [0.2, 0.25) is 0 Å². The largest absolute Gasteiger partial charge is 0.494 e. The average Bonchev–Trinajstić information content (AvgIpc) is 2.69. The first kappa shape index (κ1) is 21.3. The molecule has 3 rings (SSSR count). The first-order valence-electron chi connectivity index (χ1n) is 9.59. The third-order valence-electron chi connectivity index (χ3n) is 4.56. The molecule has 0 aliphatic carbocycles. The molecule has 1 aliphatic heterocycles. The van der Waals surface area contributed by atoms with Crippen molar-refractivity contribution in [2.45, 2.75) is 37.9 Å². The van der Waals surface area contributed by atoms with Gasteiger partial charge in [0.15, 0.2) is 0 Å². The lowest BCUT2D eigenvalue weighted by molar-refractivity contribution is -0.0440. The van der Waals surface area contributed by atoms with Gasteiger partial charge in [0, 0.05) is 24.3 Å². The molecule has 0 radical (unpaired) electrons. The lowest BCUT2D eigenvalue weighted by Crippen LogP contribution is -2.48. The molecular weight excluding hydrogens is 392 g/mol. The van der Waals surface area contributed by atoms with E-state index in [4.69, 9.17) is 9.47 Å². The lowest BCUT2D eigenvalue weighted by Gasteiger charge is -2.34. The predicted molar refractivity (Wildman–Crippen MR) is 111 cm³/mol. The fourth-order valence-corrected chi connectivity index (χ4v) is 4.85. The lowest BCUT2D eigenvalue weighted by atomic mass is 10.2. The van der Waals surface area contributed by atoms with Gasteiger partial charge >= 0.3 is 0 Å². The maximum absolute atomic E-state index is 12.9. The van der Waals surface area contributed by atoms with E-state index in [1.54, 1.807) is 24.3 Å². The minimum absolute atomic E-state index is 0.160. The van der Waals surface area contributed by atoms with Crippen LogP contribution in [0.25, 0.3) is 0 Å². The van der Waals surface area contributed by atoms with E-state index in [-0.39, 0.29) is 23.0 Å². The van der Waals surface area contributed by atoms with Crippen LogP contribution in [0.1, 0.15) is 31.1 Å². The molecule has 0 saturated carbocycles. The Bertz CT molecular complexity index is 932. The summed E-state index contributed by atoms with van der Waals surface area (Å²) in [5.41, 5.74) is 1.01. The number of amides is 1. The number of hydrogen-bond acceptors (Lipinski definition) is 5. The van der Waals surface area contributed by atoms with Gasteiger partial charge in [-0.1, -0.05) is 0 Å². The first-order chi connectivity index (χ1) is 13.8. The summed E-state index contributed by atoms with van der Waals surface area (Å²) in [4.78, 5) is 12.6. The molecule has 0 aromatic heterocycles. The van der Waals surface area contributed by atoms with Crippen molar-refractivity contribution in [3.8, 4) is 5.75 Å². The predicted octanol–water partition coefficient (Wildman–Crippen LogP) is 3.14. The third kappa shape index (κ3) is 5.14. The highest BCUT2D eigenvalue weighted by Gasteiger charge is 2.32. The number of nitrogens with one attached hydrogen (secondary N) is 1. The summed E-state index contributed by atoms with van der Waals surface area (Å²) in [6.07, 6.45) is -0.319. The molecule has 1 saturated heterocycles. The Balaban J connectivity index is 1.69. The van der Waals surface area contributed by atoms with E-state index in [1.165, 1.54) is 28.6 Å². The number of morpholine rings is 1. The Labute approximate surface area is 171 Å². The van der Waals surface area contributed by atoms with E-state index in [0.717, 1.165) is 5.75 Å². The van der Waals surface area contributed by atoms with Crippen LogP contribution in [0.4, 0.5) is 5.69 Å². The monoisotopic (exact) mass is 418 g/mol. The van der Waals surface area contributed by atoms with E-state index in [1.807, 2.05) is 20.8 Å². The van der Waals surface area contributed by atoms with Gasteiger partial charge in [-0.2, -0.15) is 4.31 Å². The number of benzene rings is 2. The number of nitrogens with zero attached hydrogens (tertiary/aromatic N) is 1. The molecule has 2 atom stereocenters. The summed E-state index contributed by atoms with van der Waals surface area (Å²) in [7, 11) is -3.63. The molecule has 0 bridgehead atoms. The fourth-order valence-electron chi connectivity index (χ4n) is 3.26. The van der Waals surface area contributed by atoms with E-state index in [2.05, 4.69) is 5.32 Å². The third-order valence-corrected chi connectivity index (χ3v) is 6.41. The summed E-state index contributed by atoms with van der Waals surface area (Å²) < 4.78 is 38.2. The van der Waals surface area contributed by atoms with Gasteiger partial charge in [-0.05, 0) is 69.3 Å². The molecule has 156 valence electrons. The molecule has 8 heteroatoms. The van der Waals surface area contributed by atoms with Crippen LogP contribution in [-0.2, 0) is 14.8 Å². The van der Waals surface area contributed by atoms with Crippen LogP contribution in [0.5, 0.6) is 5.75 Å². The molecule has 7 nitrogen and oxygen atoms in total. The Kier molecular flexibility index (Phi) is 6.56. The van der Waals surface area contributed by atoms with Crippen LogP contribution in [-0.4, -0.2) is 50.5 Å². The van der Waals surface area contributed by atoms with E-state index in [0.29, 0.717) is 30.9 Å². The van der Waals surface area contributed by atoms with Gasteiger partial charge < -0.3 is 14.8 Å². The molecule has 1 aliphatic rings. The Morgan fingerprint density at radius 1 is 1.07 bits per heavy atom. The van der Waals surface area contributed by atoms with E-state index < -0.39 is 10.0 Å². The maximum atomic E-state index is 12.9. The zero-order valence-electron chi connectivity index (χ0n) is 16.8. The van der Waals surface area contributed by atoms with Crippen molar-refractivity contribution in [1.29, 1.82) is 0 Å². The molecule has 2 unspecified atom stereocenters. The number of sulfonamides is 1. The van der Waals surface area contributed by atoms with Crippen molar-refractivity contribution < 1.29 is 22.7 Å². The Morgan fingerprint density at radius 2 is 1.66 bits per heavy atom. The normalized spacial score (nSPS) is 20.2. The van der Waals surface area contributed by atoms with Gasteiger partial charge in [0.05, 0.1) is 23.7 Å². The molecule has 0 spiro atoms. The van der Waals surface area contributed by atoms with Crippen molar-refractivity contribution in [2.75, 3.05) is 25.0 Å². The summed E-state index contributed by atoms with van der Waals surface area (Å²) in [6, 6.07) is 13.0. The first-order valence-corrected chi connectivity index (χ1v) is 11.0. The molecule has 1 amide bonds. The number of rotatable bonds is 6. The number of carbonyl (C=O) groups is 1.